The van der Waals surface area contributed by atoms with Crippen LogP contribution in [0.15, 0.2) is 43.0 Å². The van der Waals surface area contributed by atoms with Gasteiger partial charge in [-0.15, -0.1) is 10.2 Å². The lowest BCUT2D eigenvalue weighted by molar-refractivity contribution is 0.357. The van der Waals surface area contributed by atoms with Crippen molar-refractivity contribution in [2.75, 3.05) is 17.7 Å². The zero-order valence-electron chi connectivity index (χ0n) is 14.8. The third kappa shape index (κ3) is 2.68. The average Bonchev–Trinajstić information content (AvgIpc) is 3.36. The van der Waals surface area contributed by atoms with Crippen molar-refractivity contribution < 1.29 is 9.13 Å². The molecule has 3 N–H and O–H groups in total. The van der Waals surface area contributed by atoms with Crippen molar-refractivity contribution in [3.63, 3.8) is 0 Å². The summed E-state index contributed by atoms with van der Waals surface area (Å²) in [5.41, 5.74) is 9.13. The van der Waals surface area contributed by atoms with Gasteiger partial charge < -0.3 is 15.8 Å². The molecule has 5 rings (SSSR count). The first kappa shape index (κ1) is 16.4. The van der Waals surface area contributed by atoms with E-state index in [1.54, 1.807) is 10.6 Å². The van der Waals surface area contributed by atoms with Gasteiger partial charge in [0.2, 0.25) is 5.95 Å². The standard InChI is InChI=1S/C19H16FN7O/c20-15-6-17(21)22-8-13(15)14-9-24-19(27-10-25-26-18(14)27)23-7-11-2-1-3-16-12(11)4-5-28-16/h1-3,6,8-10H,4-5,7H2,(H2,21,22)(H,23,24). The van der Waals surface area contributed by atoms with Crippen LogP contribution < -0.4 is 15.8 Å². The number of anilines is 2. The van der Waals surface area contributed by atoms with Gasteiger partial charge in [-0.3, -0.25) is 4.40 Å². The van der Waals surface area contributed by atoms with E-state index in [4.69, 9.17) is 10.5 Å². The number of fused-ring (bicyclic) bond motifs is 2. The van der Waals surface area contributed by atoms with Crippen molar-refractivity contribution in [2.24, 2.45) is 0 Å². The molecule has 9 heteroatoms. The Kier molecular flexibility index (Phi) is 3.78. The number of benzene rings is 1. The van der Waals surface area contributed by atoms with E-state index in [-0.39, 0.29) is 11.4 Å². The molecule has 3 aromatic heterocycles. The SMILES string of the molecule is Nc1cc(F)c(-c2cnc(NCc3cccc4c3CCO4)n3cnnc23)cn1. The van der Waals surface area contributed by atoms with Gasteiger partial charge in [0, 0.05) is 48.1 Å². The normalized spacial score (nSPS) is 12.8. The van der Waals surface area contributed by atoms with E-state index in [1.165, 1.54) is 24.2 Å². The lowest BCUT2D eigenvalue weighted by Crippen LogP contribution is -2.08. The van der Waals surface area contributed by atoms with Gasteiger partial charge in [0.1, 0.15) is 23.7 Å². The number of nitrogens with two attached hydrogens (primary N) is 1. The molecule has 1 aliphatic heterocycles. The molecule has 0 saturated heterocycles. The van der Waals surface area contributed by atoms with E-state index < -0.39 is 5.82 Å². The van der Waals surface area contributed by atoms with Crippen LogP contribution in [-0.2, 0) is 13.0 Å². The Morgan fingerprint density at radius 2 is 2.11 bits per heavy atom. The predicted molar refractivity (Wildman–Crippen MR) is 101 cm³/mol. The second-order valence-corrected chi connectivity index (χ2v) is 6.45. The molecule has 0 atom stereocenters. The highest BCUT2D eigenvalue weighted by atomic mass is 19.1. The fourth-order valence-electron chi connectivity index (χ4n) is 3.42. The number of rotatable bonds is 4. The molecule has 8 nitrogen and oxygen atoms in total. The molecule has 1 aromatic carbocycles. The van der Waals surface area contributed by atoms with Gasteiger partial charge in [-0.25, -0.2) is 14.4 Å². The first-order valence-corrected chi connectivity index (χ1v) is 8.78. The number of ether oxygens (including phenoxy) is 1. The van der Waals surface area contributed by atoms with E-state index in [9.17, 15) is 4.39 Å². The maximum atomic E-state index is 14.3. The average molecular weight is 377 g/mol. The minimum Gasteiger partial charge on any atom is -0.493 e. The fourth-order valence-corrected chi connectivity index (χ4v) is 3.42. The number of hydrogen-bond acceptors (Lipinski definition) is 7. The molecule has 0 amide bonds. The zero-order chi connectivity index (χ0) is 19.1. The van der Waals surface area contributed by atoms with Crippen LogP contribution in [0.5, 0.6) is 5.75 Å². The summed E-state index contributed by atoms with van der Waals surface area (Å²) in [4.78, 5) is 8.41. The highest BCUT2D eigenvalue weighted by Crippen LogP contribution is 2.29. The molecule has 0 radical (unpaired) electrons. The number of nitrogens with one attached hydrogen (secondary N) is 1. The zero-order valence-corrected chi connectivity index (χ0v) is 14.8. The predicted octanol–water partition coefficient (Wildman–Crippen LogP) is 2.45. The molecule has 0 bridgehead atoms. The lowest BCUT2D eigenvalue weighted by Gasteiger charge is -2.12. The van der Waals surface area contributed by atoms with Crippen LogP contribution in [0.4, 0.5) is 16.2 Å². The number of halogens is 1. The molecule has 4 heterocycles. The second kappa shape index (κ2) is 6.45. The van der Waals surface area contributed by atoms with Crippen molar-refractivity contribution >= 4 is 17.4 Å². The third-order valence-corrected chi connectivity index (χ3v) is 4.77. The third-order valence-electron chi connectivity index (χ3n) is 4.77. The number of nitrogen functional groups attached to an aromatic ring is 1. The van der Waals surface area contributed by atoms with Crippen molar-refractivity contribution in [1.82, 2.24) is 24.6 Å². The molecular formula is C19H16FN7O. The quantitative estimate of drug-likeness (QED) is 0.563. The van der Waals surface area contributed by atoms with Gasteiger partial charge in [0.25, 0.3) is 0 Å². The molecule has 0 saturated carbocycles. The monoisotopic (exact) mass is 377 g/mol. The van der Waals surface area contributed by atoms with Crippen molar-refractivity contribution in [3.05, 3.63) is 59.9 Å². The van der Waals surface area contributed by atoms with E-state index in [1.807, 2.05) is 12.1 Å². The van der Waals surface area contributed by atoms with E-state index in [0.29, 0.717) is 30.3 Å². The molecule has 0 fully saturated rings. The Hall–Kier alpha value is -3.75. The van der Waals surface area contributed by atoms with Crippen LogP contribution in [0.2, 0.25) is 0 Å². The molecule has 0 unspecified atom stereocenters. The van der Waals surface area contributed by atoms with Gasteiger partial charge in [-0.05, 0) is 11.6 Å². The Morgan fingerprint density at radius 1 is 1.21 bits per heavy atom. The summed E-state index contributed by atoms with van der Waals surface area (Å²) in [6.07, 6.45) is 5.36. The summed E-state index contributed by atoms with van der Waals surface area (Å²) >= 11 is 0. The van der Waals surface area contributed by atoms with Gasteiger partial charge >= 0.3 is 0 Å². The minimum atomic E-state index is -0.486. The molecule has 140 valence electrons. The van der Waals surface area contributed by atoms with Crippen LogP contribution in [-0.4, -0.2) is 31.2 Å². The van der Waals surface area contributed by atoms with Gasteiger partial charge in [-0.1, -0.05) is 12.1 Å². The summed E-state index contributed by atoms with van der Waals surface area (Å²) in [6.45, 7) is 1.28. The second-order valence-electron chi connectivity index (χ2n) is 6.45. The van der Waals surface area contributed by atoms with Gasteiger partial charge in [0.15, 0.2) is 5.65 Å². The van der Waals surface area contributed by atoms with Crippen LogP contribution in [0.3, 0.4) is 0 Å². The molecular weight excluding hydrogens is 361 g/mol. The van der Waals surface area contributed by atoms with Gasteiger partial charge in [-0.2, -0.15) is 0 Å². The van der Waals surface area contributed by atoms with E-state index in [0.717, 1.165) is 17.7 Å². The minimum absolute atomic E-state index is 0.115. The van der Waals surface area contributed by atoms with Crippen molar-refractivity contribution in [2.45, 2.75) is 13.0 Å². The van der Waals surface area contributed by atoms with E-state index in [2.05, 4.69) is 31.5 Å². The fraction of sp³-hybridized carbons (Fsp3) is 0.158. The summed E-state index contributed by atoms with van der Waals surface area (Å²) < 4.78 is 21.6. The maximum absolute atomic E-state index is 14.3. The number of nitrogens with zero attached hydrogens (tertiary/aromatic N) is 5. The smallest absolute Gasteiger partial charge is 0.210 e. The molecule has 1 aliphatic rings. The highest BCUT2D eigenvalue weighted by molar-refractivity contribution is 5.77. The van der Waals surface area contributed by atoms with Crippen LogP contribution in [0, 0.1) is 5.82 Å². The molecule has 4 aromatic rings. The summed E-state index contributed by atoms with van der Waals surface area (Å²) in [7, 11) is 0. The lowest BCUT2D eigenvalue weighted by atomic mass is 10.1. The van der Waals surface area contributed by atoms with Crippen LogP contribution in [0.25, 0.3) is 16.8 Å². The van der Waals surface area contributed by atoms with Crippen molar-refractivity contribution in [1.29, 1.82) is 0 Å². The Morgan fingerprint density at radius 3 is 3.00 bits per heavy atom. The first-order chi connectivity index (χ1) is 13.7. The molecule has 28 heavy (non-hydrogen) atoms. The maximum Gasteiger partial charge on any atom is 0.210 e. The Balaban J connectivity index is 1.49. The van der Waals surface area contributed by atoms with E-state index >= 15 is 0 Å². The van der Waals surface area contributed by atoms with Crippen molar-refractivity contribution in [3.8, 4) is 16.9 Å². The molecule has 0 spiro atoms. The Bertz CT molecular complexity index is 1190. The first-order valence-electron chi connectivity index (χ1n) is 8.78. The molecule has 0 aliphatic carbocycles. The number of pyridine rings is 1. The Labute approximate surface area is 159 Å². The van der Waals surface area contributed by atoms with Crippen LogP contribution in [0.1, 0.15) is 11.1 Å². The van der Waals surface area contributed by atoms with Crippen LogP contribution >= 0.6 is 0 Å². The van der Waals surface area contributed by atoms with Gasteiger partial charge in [0.05, 0.1) is 6.61 Å². The number of hydrogen-bond donors (Lipinski definition) is 2. The topological polar surface area (TPSA) is 103 Å². The highest BCUT2D eigenvalue weighted by Gasteiger charge is 2.17. The number of aromatic nitrogens is 5. The summed E-state index contributed by atoms with van der Waals surface area (Å²) in [5.74, 6) is 1.12. The summed E-state index contributed by atoms with van der Waals surface area (Å²) in [5, 5.41) is 11.4. The summed E-state index contributed by atoms with van der Waals surface area (Å²) in [6, 6.07) is 7.19. The largest absolute Gasteiger partial charge is 0.493 e.